The van der Waals surface area contributed by atoms with E-state index in [2.05, 4.69) is 9.47 Å². The summed E-state index contributed by atoms with van der Waals surface area (Å²) in [7, 11) is 0. The van der Waals surface area contributed by atoms with Gasteiger partial charge in [0, 0.05) is 12.8 Å². The minimum absolute atomic E-state index is 0.118. The van der Waals surface area contributed by atoms with E-state index in [1.807, 2.05) is 0 Å². The number of esters is 4. The first-order valence-electron chi connectivity index (χ1n) is 5.18. The van der Waals surface area contributed by atoms with Crippen molar-refractivity contribution in [3.63, 3.8) is 0 Å². The van der Waals surface area contributed by atoms with Crippen LogP contribution in [0.15, 0.2) is 0 Å². The molecule has 0 aliphatic rings. The summed E-state index contributed by atoms with van der Waals surface area (Å²) in [6.07, 6.45) is -4.82. The first-order valence-corrected chi connectivity index (χ1v) is 5.18. The van der Waals surface area contributed by atoms with E-state index in [-0.39, 0.29) is 12.8 Å². The maximum Gasteiger partial charge on any atom is 0.346 e. The topological polar surface area (TPSA) is 127 Å². The van der Waals surface area contributed by atoms with Gasteiger partial charge < -0.3 is 19.7 Å². The lowest BCUT2D eigenvalue weighted by molar-refractivity contribution is -0.180. The molecule has 0 aliphatic heterocycles. The highest BCUT2D eigenvalue weighted by molar-refractivity contribution is 5.94. The third-order valence-electron chi connectivity index (χ3n) is 1.79. The third kappa shape index (κ3) is 5.02. The molecule has 0 spiro atoms. The van der Waals surface area contributed by atoms with Gasteiger partial charge in [0.15, 0.2) is 12.2 Å². The first-order chi connectivity index (χ1) is 8.33. The van der Waals surface area contributed by atoms with Gasteiger partial charge in [-0.05, 0) is 0 Å². The van der Waals surface area contributed by atoms with Crippen molar-refractivity contribution in [1.82, 2.24) is 0 Å². The van der Waals surface area contributed by atoms with E-state index in [4.69, 9.17) is 0 Å². The normalized spacial score (nSPS) is 13.3. The van der Waals surface area contributed by atoms with Gasteiger partial charge in [-0.25, -0.2) is 9.59 Å². The molecule has 0 saturated carbocycles. The van der Waals surface area contributed by atoms with Crippen molar-refractivity contribution in [2.45, 2.75) is 38.9 Å². The molecule has 102 valence electrons. The van der Waals surface area contributed by atoms with Gasteiger partial charge in [-0.15, -0.1) is 0 Å². The highest BCUT2D eigenvalue weighted by Crippen LogP contribution is 2.02. The zero-order chi connectivity index (χ0) is 14.3. The van der Waals surface area contributed by atoms with Crippen molar-refractivity contribution in [3.8, 4) is 0 Å². The van der Waals surface area contributed by atoms with Gasteiger partial charge in [0.2, 0.25) is 0 Å². The fourth-order valence-corrected chi connectivity index (χ4v) is 0.747. The number of ether oxygens (including phenoxy) is 2. The highest BCUT2D eigenvalue weighted by atomic mass is 16.6. The van der Waals surface area contributed by atoms with Crippen LogP contribution in [0.3, 0.4) is 0 Å². The summed E-state index contributed by atoms with van der Waals surface area (Å²) in [5.41, 5.74) is 0. The van der Waals surface area contributed by atoms with Crippen LogP contribution in [0, 0.1) is 0 Å². The van der Waals surface area contributed by atoms with Crippen LogP contribution in [0.4, 0.5) is 0 Å². The average Bonchev–Trinajstić information content (AvgIpc) is 2.36. The van der Waals surface area contributed by atoms with Gasteiger partial charge in [-0.2, -0.15) is 0 Å². The number of carbonyl (C=O) groups is 4. The molecule has 8 heteroatoms. The summed E-state index contributed by atoms with van der Waals surface area (Å²) in [5, 5.41) is 18.4. The van der Waals surface area contributed by atoms with Crippen LogP contribution in [0.25, 0.3) is 0 Å². The molecule has 2 N–H and O–H groups in total. The summed E-state index contributed by atoms with van der Waals surface area (Å²) in [6, 6.07) is 0. The Morgan fingerprint density at radius 3 is 1.33 bits per heavy atom. The predicted molar refractivity (Wildman–Crippen MR) is 54.8 cm³/mol. The molecule has 2 atom stereocenters. The SMILES string of the molecule is CCC(=O)OC(=O)C(O)C(O)C(=O)OC(=O)CC. The van der Waals surface area contributed by atoms with Gasteiger partial charge in [0.25, 0.3) is 0 Å². The molecular formula is C10H14O8. The van der Waals surface area contributed by atoms with Gasteiger partial charge in [0.05, 0.1) is 0 Å². The van der Waals surface area contributed by atoms with E-state index < -0.39 is 36.1 Å². The van der Waals surface area contributed by atoms with Crippen LogP contribution in [-0.4, -0.2) is 46.3 Å². The molecule has 0 aliphatic carbocycles. The predicted octanol–water partition coefficient (Wildman–Crippen LogP) is -1.33. The highest BCUT2D eigenvalue weighted by Gasteiger charge is 2.34. The van der Waals surface area contributed by atoms with Gasteiger partial charge in [-0.3, -0.25) is 9.59 Å². The molecule has 18 heavy (non-hydrogen) atoms. The van der Waals surface area contributed by atoms with Crippen molar-refractivity contribution < 1.29 is 38.9 Å². The smallest absolute Gasteiger partial charge is 0.346 e. The summed E-state index contributed by atoms with van der Waals surface area (Å²) >= 11 is 0. The maximum absolute atomic E-state index is 11.1. The third-order valence-corrected chi connectivity index (χ3v) is 1.79. The monoisotopic (exact) mass is 262 g/mol. The number of hydrogen-bond acceptors (Lipinski definition) is 8. The summed E-state index contributed by atoms with van der Waals surface area (Å²) < 4.78 is 8.17. The Bertz CT molecular complexity index is 314. The van der Waals surface area contributed by atoms with E-state index >= 15 is 0 Å². The zero-order valence-electron chi connectivity index (χ0n) is 9.91. The molecule has 2 unspecified atom stereocenters. The lowest BCUT2D eigenvalue weighted by atomic mass is 10.2. The number of aliphatic hydroxyl groups excluding tert-OH is 2. The average molecular weight is 262 g/mol. The number of aliphatic hydroxyl groups is 2. The van der Waals surface area contributed by atoms with Crippen LogP contribution in [0.5, 0.6) is 0 Å². The van der Waals surface area contributed by atoms with E-state index in [0.717, 1.165) is 0 Å². The molecule has 0 fully saturated rings. The first kappa shape index (κ1) is 16.2. The summed E-state index contributed by atoms with van der Waals surface area (Å²) in [4.78, 5) is 43.6. The quantitative estimate of drug-likeness (QED) is 0.460. The Balaban J connectivity index is 4.44. The van der Waals surface area contributed by atoms with Crippen molar-refractivity contribution >= 4 is 23.9 Å². The van der Waals surface area contributed by atoms with E-state index in [9.17, 15) is 29.4 Å². The molecule has 0 rings (SSSR count). The summed E-state index contributed by atoms with van der Waals surface area (Å²) in [6.45, 7) is 2.82. The maximum atomic E-state index is 11.1. The Labute approximate surface area is 102 Å². The number of hydrogen-bond donors (Lipinski definition) is 2. The fraction of sp³-hybridized carbons (Fsp3) is 0.600. The Morgan fingerprint density at radius 2 is 1.11 bits per heavy atom. The molecule has 0 saturated heterocycles. The summed E-state index contributed by atoms with van der Waals surface area (Å²) in [5.74, 6) is -4.83. The van der Waals surface area contributed by atoms with Crippen molar-refractivity contribution in [2.24, 2.45) is 0 Å². The Kier molecular flexibility index (Phi) is 6.76. The second kappa shape index (κ2) is 7.51. The second-order valence-corrected chi connectivity index (χ2v) is 3.18. The Hall–Kier alpha value is -1.80. The fourth-order valence-electron chi connectivity index (χ4n) is 0.747. The van der Waals surface area contributed by atoms with Crippen LogP contribution < -0.4 is 0 Å². The molecule has 0 radical (unpaired) electrons. The van der Waals surface area contributed by atoms with Gasteiger partial charge in [0.1, 0.15) is 0 Å². The van der Waals surface area contributed by atoms with Gasteiger partial charge >= 0.3 is 23.9 Å². The van der Waals surface area contributed by atoms with Crippen LogP contribution in [0.2, 0.25) is 0 Å². The molecule has 0 heterocycles. The number of rotatable bonds is 5. The molecule has 0 aromatic rings. The largest absolute Gasteiger partial charge is 0.391 e. The lowest BCUT2D eigenvalue weighted by Crippen LogP contribution is -2.42. The molecule has 8 nitrogen and oxygen atoms in total. The van der Waals surface area contributed by atoms with Crippen LogP contribution in [-0.2, 0) is 28.7 Å². The van der Waals surface area contributed by atoms with Crippen LogP contribution in [0.1, 0.15) is 26.7 Å². The van der Waals surface area contributed by atoms with Crippen molar-refractivity contribution in [2.75, 3.05) is 0 Å². The molecular weight excluding hydrogens is 248 g/mol. The minimum atomic E-state index is -2.29. The van der Waals surface area contributed by atoms with E-state index in [1.54, 1.807) is 0 Å². The van der Waals surface area contributed by atoms with Gasteiger partial charge in [-0.1, -0.05) is 13.8 Å². The Morgan fingerprint density at radius 1 is 0.833 bits per heavy atom. The lowest BCUT2D eigenvalue weighted by Gasteiger charge is -2.14. The van der Waals surface area contributed by atoms with E-state index in [0.29, 0.717) is 0 Å². The molecule has 0 aromatic heterocycles. The van der Waals surface area contributed by atoms with E-state index in [1.165, 1.54) is 13.8 Å². The second-order valence-electron chi connectivity index (χ2n) is 3.18. The van der Waals surface area contributed by atoms with Crippen molar-refractivity contribution in [1.29, 1.82) is 0 Å². The molecule has 0 aromatic carbocycles. The van der Waals surface area contributed by atoms with Crippen molar-refractivity contribution in [3.05, 3.63) is 0 Å². The molecule has 0 amide bonds. The zero-order valence-corrected chi connectivity index (χ0v) is 9.91. The number of carbonyl (C=O) groups excluding carboxylic acids is 4. The van der Waals surface area contributed by atoms with Crippen LogP contribution >= 0.6 is 0 Å². The molecule has 0 bridgehead atoms. The minimum Gasteiger partial charge on any atom is -0.391 e. The standard InChI is InChI=1S/C10H14O8/c1-3-5(11)17-9(15)7(13)8(14)10(16)18-6(12)4-2/h7-8,13-14H,3-4H2,1-2H3.